The molecule has 0 atom stereocenters. The number of aryl methyl sites for hydroxylation is 1. The minimum atomic E-state index is -4.27. The zero-order valence-corrected chi connectivity index (χ0v) is 23.1. The first-order chi connectivity index (χ1) is 18.1. The van der Waals surface area contributed by atoms with E-state index >= 15 is 0 Å². The summed E-state index contributed by atoms with van der Waals surface area (Å²) in [6.07, 6.45) is 0.102. The van der Waals surface area contributed by atoms with Gasteiger partial charge < -0.3 is 19.5 Å². The number of ether oxygens (including phenoxy) is 3. The molecule has 0 saturated heterocycles. The standard InChI is InChI=1S/C27H29ClN2O7S/c1-5-37-27(32)15-19-7-9-20(10-8-19)29-26(31)17-30(21-11-13-23(35-3)22(28)16-21)38(33,34)25-14-18(2)6-12-24(25)36-4/h6-14,16H,5,15,17H2,1-4H3,(H,29,31). The molecule has 3 rings (SSSR count). The lowest BCUT2D eigenvalue weighted by Gasteiger charge is -2.25. The molecular formula is C27H29ClN2O7S. The number of nitrogens with one attached hydrogen (secondary N) is 1. The Morgan fingerprint density at radius 1 is 0.947 bits per heavy atom. The van der Waals surface area contributed by atoms with Crippen molar-refractivity contribution in [1.82, 2.24) is 0 Å². The number of nitrogens with zero attached hydrogens (tertiary/aromatic N) is 1. The topological polar surface area (TPSA) is 111 Å². The van der Waals surface area contributed by atoms with Crippen molar-refractivity contribution in [2.75, 3.05) is 37.0 Å². The van der Waals surface area contributed by atoms with Gasteiger partial charge in [-0.25, -0.2) is 8.42 Å². The molecule has 0 spiro atoms. The van der Waals surface area contributed by atoms with E-state index in [1.807, 2.05) is 0 Å². The number of methoxy groups -OCH3 is 2. The summed E-state index contributed by atoms with van der Waals surface area (Å²) in [7, 11) is -1.46. The van der Waals surface area contributed by atoms with Crippen LogP contribution in [0.15, 0.2) is 65.6 Å². The summed E-state index contributed by atoms with van der Waals surface area (Å²) in [4.78, 5) is 24.7. The predicted octanol–water partition coefficient (Wildman–Crippen LogP) is 4.61. The second-order valence-electron chi connectivity index (χ2n) is 8.21. The van der Waals surface area contributed by atoms with E-state index in [1.54, 1.807) is 50.2 Å². The van der Waals surface area contributed by atoms with E-state index in [0.29, 0.717) is 29.2 Å². The molecule has 0 aliphatic carbocycles. The molecule has 0 fully saturated rings. The number of rotatable bonds is 11. The van der Waals surface area contributed by atoms with Gasteiger partial charge >= 0.3 is 5.97 Å². The normalized spacial score (nSPS) is 11.0. The van der Waals surface area contributed by atoms with Gasteiger partial charge in [0.25, 0.3) is 10.0 Å². The molecule has 0 radical (unpaired) electrons. The summed E-state index contributed by atoms with van der Waals surface area (Å²) in [6, 6.07) is 15.8. The third-order valence-electron chi connectivity index (χ3n) is 5.49. The molecule has 0 aliphatic rings. The zero-order valence-electron chi connectivity index (χ0n) is 21.5. The van der Waals surface area contributed by atoms with Gasteiger partial charge in [-0.05, 0) is 67.4 Å². The number of hydrogen-bond acceptors (Lipinski definition) is 7. The van der Waals surface area contributed by atoms with Gasteiger partial charge in [-0.2, -0.15) is 0 Å². The highest BCUT2D eigenvalue weighted by Gasteiger charge is 2.31. The number of sulfonamides is 1. The van der Waals surface area contributed by atoms with Crippen LogP contribution in [-0.4, -0.2) is 47.7 Å². The molecule has 0 saturated carbocycles. The second kappa shape index (κ2) is 12.7. The maximum atomic E-state index is 13.9. The highest BCUT2D eigenvalue weighted by atomic mass is 35.5. The minimum Gasteiger partial charge on any atom is -0.495 e. The van der Waals surface area contributed by atoms with E-state index in [2.05, 4.69) is 5.32 Å². The monoisotopic (exact) mass is 560 g/mol. The summed E-state index contributed by atoms with van der Waals surface area (Å²) in [6.45, 7) is 3.23. The number of esters is 1. The Bertz CT molecular complexity index is 1410. The maximum absolute atomic E-state index is 13.9. The molecule has 202 valence electrons. The van der Waals surface area contributed by atoms with Gasteiger partial charge in [-0.3, -0.25) is 13.9 Å². The predicted molar refractivity (Wildman–Crippen MR) is 146 cm³/mol. The number of anilines is 2. The highest BCUT2D eigenvalue weighted by molar-refractivity contribution is 7.93. The van der Waals surface area contributed by atoms with E-state index in [9.17, 15) is 18.0 Å². The quantitative estimate of drug-likeness (QED) is 0.341. The van der Waals surface area contributed by atoms with Gasteiger partial charge in [0.2, 0.25) is 5.91 Å². The van der Waals surface area contributed by atoms with Crippen LogP contribution in [0.5, 0.6) is 11.5 Å². The van der Waals surface area contributed by atoms with Gasteiger partial charge in [0, 0.05) is 5.69 Å². The van der Waals surface area contributed by atoms with E-state index in [0.717, 1.165) is 4.31 Å². The first-order valence-corrected chi connectivity index (χ1v) is 13.5. The minimum absolute atomic E-state index is 0.0944. The van der Waals surface area contributed by atoms with Crippen molar-refractivity contribution >= 4 is 44.9 Å². The SMILES string of the molecule is CCOC(=O)Cc1ccc(NC(=O)CN(c2ccc(OC)c(Cl)c2)S(=O)(=O)c2cc(C)ccc2OC)cc1. The van der Waals surface area contributed by atoms with Crippen LogP contribution < -0.4 is 19.1 Å². The summed E-state index contributed by atoms with van der Waals surface area (Å²) in [5.74, 6) is -0.453. The van der Waals surface area contributed by atoms with Gasteiger partial charge in [-0.1, -0.05) is 29.8 Å². The van der Waals surface area contributed by atoms with Gasteiger partial charge in [-0.15, -0.1) is 0 Å². The molecule has 3 aromatic rings. The molecule has 1 N–H and O–H groups in total. The fourth-order valence-corrected chi connectivity index (χ4v) is 5.55. The van der Waals surface area contributed by atoms with Gasteiger partial charge in [0.05, 0.1) is 38.0 Å². The molecule has 1 amide bonds. The van der Waals surface area contributed by atoms with Crippen LogP contribution >= 0.6 is 11.6 Å². The Morgan fingerprint density at radius 3 is 2.21 bits per heavy atom. The maximum Gasteiger partial charge on any atom is 0.310 e. The molecule has 0 bridgehead atoms. The van der Waals surface area contributed by atoms with E-state index in [-0.39, 0.29) is 33.7 Å². The molecule has 3 aromatic carbocycles. The Labute approximate surface area is 227 Å². The van der Waals surface area contributed by atoms with E-state index in [1.165, 1.54) is 38.5 Å². The lowest BCUT2D eigenvalue weighted by atomic mass is 10.1. The van der Waals surface area contributed by atoms with Crippen molar-refractivity contribution in [2.45, 2.75) is 25.2 Å². The first kappa shape index (κ1) is 28.8. The summed E-state index contributed by atoms with van der Waals surface area (Å²) in [5, 5.41) is 2.88. The van der Waals surface area contributed by atoms with Crippen molar-refractivity contribution in [3.8, 4) is 11.5 Å². The van der Waals surface area contributed by atoms with Gasteiger partial charge in [0.15, 0.2) is 0 Å². The summed E-state index contributed by atoms with van der Waals surface area (Å²) in [5.41, 5.74) is 2.01. The van der Waals surface area contributed by atoms with Crippen molar-refractivity contribution in [1.29, 1.82) is 0 Å². The zero-order chi connectivity index (χ0) is 27.9. The smallest absolute Gasteiger partial charge is 0.310 e. The third-order valence-corrected chi connectivity index (χ3v) is 7.58. The molecule has 0 aliphatic heterocycles. The average molecular weight is 561 g/mol. The van der Waals surface area contributed by atoms with Crippen LogP contribution in [-0.2, 0) is 30.8 Å². The number of amides is 1. The van der Waals surface area contributed by atoms with E-state index < -0.39 is 22.5 Å². The molecule has 11 heteroatoms. The fourth-order valence-electron chi connectivity index (χ4n) is 3.65. The molecule has 0 heterocycles. The van der Waals surface area contributed by atoms with Crippen LogP contribution in [0, 0.1) is 6.92 Å². The van der Waals surface area contributed by atoms with Crippen LogP contribution in [0.3, 0.4) is 0 Å². The third kappa shape index (κ3) is 6.96. The Morgan fingerprint density at radius 2 is 1.61 bits per heavy atom. The fraction of sp³-hybridized carbons (Fsp3) is 0.259. The lowest BCUT2D eigenvalue weighted by molar-refractivity contribution is -0.142. The molecule has 0 aromatic heterocycles. The molecule has 38 heavy (non-hydrogen) atoms. The highest BCUT2D eigenvalue weighted by Crippen LogP contribution is 2.34. The number of hydrogen-bond donors (Lipinski definition) is 1. The van der Waals surface area contributed by atoms with Crippen molar-refractivity contribution in [2.24, 2.45) is 0 Å². The molecular weight excluding hydrogens is 532 g/mol. The van der Waals surface area contributed by atoms with Crippen LogP contribution in [0.25, 0.3) is 0 Å². The van der Waals surface area contributed by atoms with Crippen molar-refractivity contribution in [3.05, 3.63) is 76.8 Å². The Kier molecular flexibility index (Phi) is 9.60. The number of carbonyl (C=O) groups excluding carboxylic acids is 2. The van der Waals surface area contributed by atoms with Crippen molar-refractivity contribution < 1.29 is 32.2 Å². The van der Waals surface area contributed by atoms with Crippen LogP contribution in [0.2, 0.25) is 5.02 Å². The van der Waals surface area contributed by atoms with Crippen molar-refractivity contribution in [3.63, 3.8) is 0 Å². The summed E-state index contributed by atoms with van der Waals surface area (Å²) < 4.78 is 44.1. The summed E-state index contributed by atoms with van der Waals surface area (Å²) >= 11 is 6.29. The number of carbonyl (C=O) groups is 2. The largest absolute Gasteiger partial charge is 0.495 e. The second-order valence-corrected chi connectivity index (χ2v) is 10.4. The Hall–Kier alpha value is -3.76. The number of halogens is 1. The first-order valence-electron chi connectivity index (χ1n) is 11.6. The van der Waals surface area contributed by atoms with E-state index in [4.69, 9.17) is 25.8 Å². The molecule has 0 unspecified atom stereocenters. The van der Waals surface area contributed by atoms with Crippen LogP contribution in [0.4, 0.5) is 11.4 Å². The van der Waals surface area contributed by atoms with Gasteiger partial charge in [0.1, 0.15) is 22.9 Å². The average Bonchev–Trinajstić information content (AvgIpc) is 2.88. The molecule has 9 nitrogen and oxygen atoms in total. The van der Waals surface area contributed by atoms with Crippen LogP contribution in [0.1, 0.15) is 18.1 Å². The Balaban J connectivity index is 1.92. The lowest BCUT2D eigenvalue weighted by Crippen LogP contribution is -2.38. The number of benzene rings is 3.